The van der Waals surface area contributed by atoms with Gasteiger partial charge in [0.15, 0.2) is 0 Å². The van der Waals surface area contributed by atoms with Crippen LogP contribution in [0.4, 0.5) is 15.8 Å². The summed E-state index contributed by atoms with van der Waals surface area (Å²) >= 11 is 0. The minimum absolute atomic E-state index is 0.0283. The van der Waals surface area contributed by atoms with Gasteiger partial charge in [0, 0.05) is 18.3 Å². The van der Waals surface area contributed by atoms with Crippen LogP contribution in [0.3, 0.4) is 0 Å². The van der Waals surface area contributed by atoms with E-state index < -0.39 is 15.8 Å². The summed E-state index contributed by atoms with van der Waals surface area (Å²) in [5.41, 5.74) is 5.82. The van der Waals surface area contributed by atoms with E-state index in [1.54, 1.807) is 13.0 Å². The van der Waals surface area contributed by atoms with Gasteiger partial charge >= 0.3 is 0 Å². The molecule has 5 nitrogen and oxygen atoms in total. The van der Waals surface area contributed by atoms with Gasteiger partial charge in [0.2, 0.25) is 0 Å². The summed E-state index contributed by atoms with van der Waals surface area (Å²) in [5, 5.41) is 9.48. The summed E-state index contributed by atoms with van der Waals surface area (Å²) in [6.45, 7) is 1.77. The smallest absolute Gasteiger partial charge is 0.264 e. The lowest BCUT2D eigenvalue weighted by molar-refractivity contribution is 0.475. The summed E-state index contributed by atoms with van der Waals surface area (Å²) in [6.07, 6.45) is 0. The molecule has 0 aliphatic rings. The van der Waals surface area contributed by atoms with E-state index in [0.717, 1.165) is 16.4 Å². The van der Waals surface area contributed by atoms with Crippen molar-refractivity contribution >= 4 is 21.4 Å². The largest absolute Gasteiger partial charge is 0.508 e. The van der Waals surface area contributed by atoms with E-state index in [2.05, 4.69) is 0 Å². The topological polar surface area (TPSA) is 83.6 Å². The molecule has 0 radical (unpaired) electrons. The monoisotopic (exact) mass is 310 g/mol. The second-order valence-corrected chi connectivity index (χ2v) is 6.27. The number of nitrogen functional groups attached to an aromatic ring is 1. The van der Waals surface area contributed by atoms with Crippen molar-refractivity contribution in [3.05, 3.63) is 48.3 Å². The number of rotatable bonds is 4. The van der Waals surface area contributed by atoms with Gasteiger partial charge in [-0.2, -0.15) is 0 Å². The summed E-state index contributed by atoms with van der Waals surface area (Å²) < 4.78 is 39.7. The highest BCUT2D eigenvalue weighted by Crippen LogP contribution is 2.27. The van der Waals surface area contributed by atoms with Gasteiger partial charge in [0.25, 0.3) is 10.0 Å². The van der Waals surface area contributed by atoms with Gasteiger partial charge in [-0.05, 0) is 37.3 Å². The van der Waals surface area contributed by atoms with E-state index in [1.165, 1.54) is 24.3 Å². The van der Waals surface area contributed by atoms with Crippen LogP contribution >= 0.6 is 0 Å². The molecule has 0 aliphatic carbocycles. The molecule has 0 fully saturated rings. The van der Waals surface area contributed by atoms with E-state index in [1.807, 2.05) is 0 Å². The van der Waals surface area contributed by atoms with Crippen LogP contribution in [-0.4, -0.2) is 20.1 Å². The third kappa shape index (κ3) is 3.08. The number of benzene rings is 2. The highest BCUT2D eigenvalue weighted by atomic mass is 32.2. The molecule has 0 spiro atoms. The van der Waals surface area contributed by atoms with Crippen molar-refractivity contribution in [2.75, 3.05) is 16.6 Å². The fourth-order valence-corrected chi connectivity index (χ4v) is 3.53. The second kappa shape index (κ2) is 5.61. The first-order valence-corrected chi connectivity index (χ1v) is 7.66. The predicted octanol–water partition coefficient (Wildman–Crippen LogP) is 2.33. The molecule has 0 atom stereocenters. The number of aromatic hydroxyl groups is 1. The van der Waals surface area contributed by atoms with Crippen molar-refractivity contribution in [2.45, 2.75) is 11.8 Å². The van der Waals surface area contributed by atoms with Crippen molar-refractivity contribution in [1.29, 1.82) is 0 Å². The lowest BCUT2D eigenvalue weighted by Crippen LogP contribution is -2.30. The number of hydrogen-bond acceptors (Lipinski definition) is 4. The Balaban J connectivity index is 2.54. The van der Waals surface area contributed by atoms with Gasteiger partial charge in [-0.1, -0.05) is 6.07 Å². The van der Waals surface area contributed by atoms with Crippen LogP contribution in [0.25, 0.3) is 0 Å². The molecule has 0 saturated carbocycles. The van der Waals surface area contributed by atoms with Crippen molar-refractivity contribution in [3.63, 3.8) is 0 Å². The predicted molar refractivity (Wildman–Crippen MR) is 79.1 cm³/mol. The number of phenols is 1. The van der Waals surface area contributed by atoms with E-state index >= 15 is 0 Å². The first-order valence-electron chi connectivity index (χ1n) is 6.22. The van der Waals surface area contributed by atoms with Crippen molar-refractivity contribution in [3.8, 4) is 5.75 Å². The maximum atomic E-state index is 13.4. The Morgan fingerprint density at radius 1 is 1.24 bits per heavy atom. The maximum Gasteiger partial charge on any atom is 0.264 e. The van der Waals surface area contributed by atoms with E-state index in [-0.39, 0.29) is 22.9 Å². The first kappa shape index (κ1) is 15.1. The summed E-state index contributed by atoms with van der Waals surface area (Å²) in [5.74, 6) is -0.777. The zero-order chi connectivity index (χ0) is 15.6. The SMILES string of the molecule is CCN(c1cccc(O)c1)S(=O)(=O)c1cc(N)cc(F)c1. The van der Waals surface area contributed by atoms with Crippen LogP contribution in [0.15, 0.2) is 47.4 Å². The fraction of sp³-hybridized carbons (Fsp3) is 0.143. The van der Waals surface area contributed by atoms with Gasteiger partial charge in [-0.3, -0.25) is 4.31 Å². The first-order chi connectivity index (χ1) is 9.84. The number of nitrogens with zero attached hydrogens (tertiary/aromatic N) is 1. The molecule has 0 heterocycles. The summed E-state index contributed by atoms with van der Waals surface area (Å²) in [7, 11) is -3.96. The standard InChI is InChI=1S/C14H15FN2O3S/c1-2-17(12-4-3-5-13(18)9-12)21(19,20)14-7-10(15)6-11(16)8-14/h3-9,18H,2,16H2,1H3. The van der Waals surface area contributed by atoms with E-state index in [9.17, 15) is 17.9 Å². The van der Waals surface area contributed by atoms with Gasteiger partial charge in [-0.25, -0.2) is 12.8 Å². The number of sulfonamides is 1. The third-order valence-corrected chi connectivity index (χ3v) is 4.77. The lowest BCUT2D eigenvalue weighted by Gasteiger charge is -2.23. The molecule has 0 amide bonds. The van der Waals surface area contributed by atoms with Crippen molar-refractivity contribution in [1.82, 2.24) is 0 Å². The van der Waals surface area contributed by atoms with Crippen molar-refractivity contribution in [2.24, 2.45) is 0 Å². The highest BCUT2D eigenvalue weighted by molar-refractivity contribution is 7.92. The van der Waals surface area contributed by atoms with Gasteiger partial charge in [0.05, 0.1) is 10.6 Å². The van der Waals surface area contributed by atoms with Crippen LogP contribution in [0.2, 0.25) is 0 Å². The number of phenolic OH excluding ortho intramolecular Hbond substituents is 1. The average Bonchev–Trinajstić information content (AvgIpc) is 2.38. The fourth-order valence-electron chi connectivity index (χ4n) is 2.00. The highest BCUT2D eigenvalue weighted by Gasteiger charge is 2.24. The summed E-state index contributed by atoms with van der Waals surface area (Å²) in [4.78, 5) is -0.231. The van der Waals surface area contributed by atoms with E-state index in [4.69, 9.17) is 5.73 Å². The Labute approximate surface area is 122 Å². The molecule has 3 N–H and O–H groups in total. The van der Waals surface area contributed by atoms with E-state index in [0.29, 0.717) is 5.69 Å². The Morgan fingerprint density at radius 2 is 1.95 bits per heavy atom. The van der Waals surface area contributed by atoms with Gasteiger partial charge in [-0.15, -0.1) is 0 Å². The van der Waals surface area contributed by atoms with Gasteiger partial charge in [0.1, 0.15) is 11.6 Å². The molecule has 0 aliphatic heterocycles. The molecule has 0 bridgehead atoms. The minimum atomic E-state index is -3.96. The molecule has 0 unspecified atom stereocenters. The van der Waals surface area contributed by atoms with Crippen LogP contribution in [0.5, 0.6) is 5.75 Å². The Kier molecular flexibility index (Phi) is 4.04. The maximum absolute atomic E-state index is 13.4. The zero-order valence-electron chi connectivity index (χ0n) is 11.3. The molecule has 7 heteroatoms. The lowest BCUT2D eigenvalue weighted by atomic mass is 10.3. The molecular formula is C14H15FN2O3S. The third-order valence-electron chi connectivity index (χ3n) is 2.89. The molecule has 2 aromatic carbocycles. The molecule has 2 rings (SSSR count). The number of anilines is 2. The molecule has 21 heavy (non-hydrogen) atoms. The molecule has 0 saturated heterocycles. The second-order valence-electron chi connectivity index (χ2n) is 4.41. The Bertz CT molecular complexity index is 742. The minimum Gasteiger partial charge on any atom is -0.508 e. The normalized spacial score (nSPS) is 11.3. The van der Waals surface area contributed by atoms with Crippen LogP contribution in [-0.2, 0) is 10.0 Å². The van der Waals surface area contributed by atoms with Gasteiger partial charge < -0.3 is 10.8 Å². The molecular weight excluding hydrogens is 295 g/mol. The van der Waals surface area contributed by atoms with Crippen molar-refractivity contribution < 1.29 is 17.9 Å². The molecule has 0 aromatic heterocycles. The molecule has 2 aromatic rings. The Hall–Kier alpha value is -2.28. The van der Waals surface area contributed by atoms with Crippen LogP contribution < -0.4 is 10.0 Å². The number of halogens is 1. The Morgan fingerprint density at radius 3 is 2.52 bits per heavy atom. The zero-order valence-corrected chi connectivity index (χ0v) is 12.1. The number of nitrogens with two attached hydrogens (primary N) is 1. The van der Waals surface area contributed by atoms with Crippen LogP contribution in [0.1, 0.15) is 6.92 Å². The summed E-state index contributed by atoms with van der Waals surface area (Å²) in [6, 6.07) is 8.99. The number of hydrogen-bond donors (Lipinski definition) is 2. The molecule has 112 valence electrons. The van der Waals surface area contributed by atoms with Crippen LogP contribution in [0, 0.1) is 5.82 Å². The average molecular weight is 310 g/mol. The quantitative estimate of drug-likeness (QED) is 0.849.